The van der Waals surface area contributed by atoms with E-state index in [1.807, 2.05) is 0 Å². The number of nitrogens with zero attached hydrogens (tertiary/aromatic N) is 1. The average molecular weight is 399 g/mol. The summed E-state index contributed by atoms with van der Waals surface area (Å²) in [5, 5.41) is 3.01. The van der Waals surface area contributed by atoms with E-state index in [0.29, 0.717) is 36.6 Å². The molecule has 1 aromatic carbocycles. The van der Waals surface area contributed by atoms with E-state index in [4.69, 9.17) is 4.74 Å². The van der Waals surface area contributed by atoms with Gasteiger partial charge in [0.1, 0.15) is 5.75 Å². The summed E-state index contributed by atoms with van der Waals surface area (Å²) in [6.45, 7) is 5.01. The van der Waals surface area contributed by atoms with Crippen LogP contribution in [-0.4, -0.2) is 46.4 Å². The van der Waals surface area contributed by atoms with Crippen molar-refractivity contribution in [3.8, 4) is 5.75 Å². The van der Waals surface area contributed by atoms with Crippen molar-refractivity contribution in [3.05, 3.63) is 23.8 Å². The normalized spacial score (nSPS) is 12.8. The number of carbonyl (C=O) groups is 1. The maximum atomic E-state index is 12.3. The van der Waals surface area contributed by atoms with E-state index in [0.717, 1.165) is 19.3 Å². The minimum atomic E-state index is -3.52. The van der Waals surface area contributed by atoms with Gasteiger partial charge in [0.05, 0.1) is 12.0 Å². The van der Waals surface area contributed by atoms with E-state index in [1.54, 1.807) is 19.2 Å². The number of aryl methyl sites for hydroxylation is 1. The molecule has 0 aliphatic heterocycles. The molecule has 0 aliphatic rings. The van der Waals surface area contributed by atoms with Crippen molar-refractivity contribution in [1.29, 1.82) is 0 Å². The van der Waals surface area contributed by atoms with Crippen LogP contribution in [0.3, 0.4) is 0 Å². The standard InChI is InChI=1S/C20H34N2O4S/c1-6-8-9-16(7-2)15-21-20(23)13-10-17-14-18(11-12-19(17)26-5)27(24,25)22(3)4/h11-12,14,16H,6-10,13,15H2,1-5H3,(H,21,23). The largest absolute Gasteiger partial charge is 0.496 e. The zero-order valence-corrected chi connectivity index (χ0v) is 18.1. The quantitative estimate of drug-likeness (QED) is 0.587. The molecule has 1 atom stereocenters. The van der Waals surface area contributed by atoms with Gasteiger partial charge in [-0.05, 0) is 42.5 Å². The first kappa shape index (κ1) is 23.4. The Bertz CT molecular complexity index is 702. The van der Waals surface area contributed by atoms with Crippen molar-refractivity contribution < 1.29 is 17.9 Å². The Hall–Kier alpha value is -1.60. The molecule has 0 spiro atoms. The van der Waals surface area contributed by atoms with Crippen LogP contribution in [0.1, 0.15) is 51.5 Å². The molecule has 0 radical (unpaired) electrons. The van der Waals surface area contributed by atoms with E-state index >= 15 is 0 Å². The zero-order chi connectivity index (χ0) is 20.4. The van der Waals surface area contributed by atoms with Gasteiger partial charge in [0.25, 0.3) is 0 Å². The van der Waals surface area contributed by atoms with E-state index in [1.165, 1.54) is 30.9 Å². The average Bonchev–Trinajstić information content (AvgIpc) is 2.66. The number of unbranched alkanes of at least 4 members (excludes halogenated alkanes) is 1. The number of benzene rings is 1. The summed E-state index contributed by atoms with van der Waals surface area (Å²) in [4.78, 5) is 12.4. The summed E-state index contributed by atoms with van der Waals surface area (Å²) in [6, 6.07) is 4.76. The number of methoxy groups -OCH3 is 1. The highest BCUT2D eigenvalue weighted by atomic mass is 32.2. The Balaban J connectivity index is 2.73. The number of rotatable bonds is 12. The van der Waals surface area contributed by atoms with E-state index in [9.17, 15) is 13.2 Å². The van der Waals surface area contributed by atoms with E-state index in [-0.39, 0.29) is 10.8 Å². The van der Waals surface area contributed by atoms with Crippen molar-refractivity contribution in [1.82, 2.24) is 9.62 Å². The smallest absolute Gasteiger partial charge is 0.242 e. The first-order chi connectivity index (χ1) is 12.8. The maximum Gasteiger partial charge on any atom is 0.242 e. The molecule has 1 amide bonds. The fourth-order valence-corrected chi connectivity index (χ4v) is 3.81. The molecule has 1 rings (SSSR count). The van der Waals surface area contributed by atoms with Gasteiger partial charge in [0, 0.05) is 27.1 Å². The van der Waals surface area contributed by atoms with Gasteiger partial charge in [-0.3, -0.25) is 4.79 Å². The Labute approximate surface area is 164 Å². The van der Waals surface area contributed by atoms with Crippen LogP contribution in [0, 0.1) is 5.92 Å². The van der Waals surface area contributed by atoms with Gasteiger partial charge in [-0.25, -0.2) is 12.7 Å². The van der Waals surface area contributed by atoms with Gasteiger partial charge in [0.15, 0.2) is 0 Å². The highest BCUT2D eigenvalue weighted by molar-refractivity contribution is 7.89. The lowest BCUT2D eigenvalue weighted by Gasteiger charge is -2.16. The second kappa shape index (κ2) is 11.3. The summed E-state index contributed by atoms with van der Waals surface area (Å²) in [6.07, 6.45) is 5.25. The van der Waals surface area contributed by atoms with Crippen molar-refractivity contribution in [2.75, 3.05) is 27.7 Å². The summed E-state index contributed by atoms with van der Waals surface area (Å²) >= 11 is 0. The van der Waals surface area contributed by atoms with Crippen LogP contribution < -0.4 is 10.1 Å². The fraction of sp³-hybridized carbons (Fsp3) is 0.650. The third-order valence-electron chi connectivity index (χ3n) is 4.78. The number of carbonyl (C=O) groups excluding carboxylic acids is 1. The molecular weight excluding hydrogens is 364 g/mol. The minimum absolute atomic E-state index is 0.0205. The topological polar surface area (TPSA) is 75.7 Å². The van der Waals surface area contributed by atoms with Gasteiger partial charge in [-0.1, -0.05) is 33.1 Å². The summed E-state index contributed by atoms with van der Waals surface area (Å²) in [5.74, 6) is 1.08. The predicted octanol–water partition coefficient (Wildman–Crippen LogP) is 3.21. The lowest BCUT2D eigenvalue weighted by atomic mass is 9.99. The van der Waals surface area contributed by atoms with Crippen molar-refractivity contribution in [3.63, 3.8) is 0 Å². The second-order valence-electron chi connectivity index (χ2n) is 6.98. The molecule has 7 heteroatoms. The number of hydrogen-bond acceptors (Lipinski definition) is 4. The summed E-state index contributed by atoms with van der Waals surface area (Å²) in [7, 11) is 1.01. The van der Waals surface area contributed by atoms with Crippen molar-refractivity contribution >= 4 is 15.9 Å². The van der Waals surface area contributed by atoms with Crippen molar-refractivity contribution in [2.24, 2.45) is 5.92 Å². The third kappa shape index (κ3) is 7.14. The number of ether oxygens (including phenoxy) is 1. The molecule has 0 saturated carbocycles. The first-order valence-electron chi connectivity index (χ1n) is 9.62. The molecule has 0 fully saturated rings. The van der Waals surface area contributed by atoms with Crippen LogP contribution >= 0.6 is 0 Å². The molecule has 1 unspecified atom stereocenters. The highest BCUT2D eigenvalue weighted by Gasteiger charge is 2.19. The van der Waals surface area contributed by atoms with Crippen LogP contribution in [0.15, 0.2) is 23.1 Å². The van der Waals surface area contributed by atoms with Crippen molar-refractivity contribution in [2.45, 2.75) is 57.3 Å². The summed E-state index contributed by atoms with van der Waals surface area (Å²) in [5.41, 5.74) is 0.716. The maximum absolute atomic E-state index is 12.3. The summed E-state index contributed by atoms with van der Waals surface area (Å²) < 4.78 is 31.1. The van der Waals surface area contributed by atoms with Gasteiger partial charge in [0.2, 0.25) is 15.9 Å². The molecule has 1 aromatic rings. The van der Waals surface area contributed by atoms with Crippen LogP contribution in [0.5, 0.6) is 5.75 Å². The fourth-order valence-electron chi connectivity index (χ4n) is 2.86. The minimum Gasteiger partial charge on any atom is -0.496 e. The Morgan fingerprint density at radius 2 is 1.96 bits per heavy atom. The SMILES string of the molecule is CCCCC(CC)CNC(=O)CCc1cc(S(=O)(=O)N(C)C)ccc1OC. The van der Waals surface area contributed by atoms with Gasteiger partial charge >= 0.3 is 0 Å². The third-order valence-corrected chi connectivity index (χ3v) is 6.59. The molecule has 0 aliphatic carbocycles. The van der Waals surface area contributed by atoms with E-state index in [2.05, 4.69) is 19.2 Å². The Morgan fingerprint density at radius 1 is 1.26 bits per heavy atom. The highest BCUT2D eigenvalue weighted by Crippen LogP contribution is 2.25. The first-order valence-corrected chi connectivity index (χ1v) is 11.1. The molecule has 1 N–H and O–H groups in total. The van der Waals surface area contributed by atoms with Gasteiger partial charge < -0.3 is 10.1 Å². The lowest BCUT2D eigenvalue weighted by molar-refractivity contribution is -0.121. The monoisotopic (exact) mass is 398 g/mol. The molecule has 0 bridgehead atoms. The van der Waals surface area contributed by atoms with Gasteiger partial charge in [-0.2, -0.15) is 0 Å². The molecule has 6 nitrogen and oxygen atoms in total. The van der Waals surface area contributed by atoms with E-state index < -0.39 is 10.0 Å². The van der Waals surface area contributed by atoms with Crippen LogP contribution in [0.25, 0.3) is 0 Å². The number of amides is 1. The molecule has 0 aromatic heterocycles. The van der Waals surface area contributed by atoms with Crippen LogP contribution in [-0.2, 0) is 21.2 Å². The number of sulfonamides is 1. The number of hydrogen-bond donors (Lipinski definition) is 1. The number of nitrogens with one attached hydrogen (secondary N) is 1. The molecular formula is C20H34N2O4S. The molecule has 154 valence electrons. The second-order valence-corrected chi connectivity index (χ2v) is 9.13. The molecule has 0 saturated heterocycles. The zero-order valence-electron chi connectivity index (χ0n) is 17.2. The Morgan fingerprint density at radius 3 is 2.52 bits per heavy atom. The Kier molecular flexibility index (Phi) is 9.80. The van der Waals surface area contributed by atoms with Gasteiger partial charge in [-0.15, -0.1) is 0 Å². The predicted molar refractivity (Wildman–Crippen MR) is 109 cm³/mol. The van der Waals surface area contributed by atoms with Crippen LogP contribution in [0.2, 0.25) is 0 Å². The molecule has 27 heavy (non-hydrogen) atoms. The lowest BCUT2D eigenvalue weighted by Crippen LogP contribution is -2.29. The van der Waals surface area contributed by atoms with Crippen LogP contribution in [0.4, 0.5) is 0 Å². The molecule has 0 heterocycles.